The summed E-state index contributed by atoms with van der Waals surface area (Å²) in [5.74, 6) is 0. The molecule has 72 valence electrons. The molecular formula is C9H14IN3. The second-order valence-corrected chi connectivity index (χ2v) is 2.04. The number of halogens is 1. The smallest absolute Gasteiger partial charge is 0.107 e. The van der Waals surface area contributed by atoms with E-state index >= 15 is 0 Å². The third kappa shape index (κ3) is 3.22. The van der Waals surface area contributed by atoms with Gasteiger partial charge in [0.15, 0.2) is 0 Å². The molecule has 0 bridgehead atoms. The van der Waals surface area contributed by atoms with Crippen LogP contribution in [0.3, 0.4) is 0 Å². The van der Waals surface area contributed by atoms with E-state index in [4.69, 9.17) is 0 Å². The van der Waals surface area contributed by atoms with Crippen LogP contribution < -0.4 is 10.9 Å². The van der Waals surface area contributed by atoms with Crippen LogP contribution in [0.4, 0.5) is 11.4 Å². The van der Waals surface area contributed by atoms with Gasteiger partial charge in [-0.3, -0.25) is 10.9 Å². The lowest BCUT2D eigenvalue weighted by Crippen LogP contribution is -2.21. The van der Waals surface area contributed by atoms with Crippen LogP contribution in [-0.2, 0) is 0 Å². The van der Waals surface area contributed by atoms with E-state index in [9.17, 15) is 0 Å². The maximum atomic E-state index is 4.09. The number of fused-ring (bicyclic) bond motifs is 1. The molecule has 0 spiro atoms. The predicted molar refractivity (Wildman–Crippen MR) is 68.1 cm³/mol. The molecule has 1 heterocycles. The summed E-state index contributed by atoms with van der Waals surface area (Å²) in [6.45, 7) is 4.00. The quantitative estimate of drug-likeness (QED) is 0.721. The molecule has 0 aromatic heterocycles. The number of anilines is 1. The standard InChI is InChI=1S/C7H7N3.C2H6.HI/c1-2-4-7-6(3-1)8-5-9-10-7;1-2;/h1-5,10H,(H,8,9);1-2H3;1H. The molecule has 1 aliphatic heterocycles. The third-order valence-electron chi connectivity index (χ3n) is 1.38. The highest BCUT2D eigenvalue weighted by atomic mass is 127. The topological polar surface area (TPSA) is 36.4 Å². The van der Waals surface area contributed by atoms with Crippen molar-refractivity contribution in [1.82, 2.24) is 5.43 Å². The van der Waals surface area contributed by atoms with E-state index in [0.29, 0.717) is 0 Å². The van der Waals surface area contributed by atoms with Crippen LogP contribution in [-0.4, -0.2) is 6.34 Å². The van der Waals surface area contributed by atoms with Gasteiger partial charge in [-0.2, -0.15) is 0 Å². The second kappa shape index (κ2) is 6.71. The molecule has 0 aliphatic carbocycles. The van der Waals surface area contributed by atoms with Crippen molar-refractivity contribution in [1.29, 1.82) is 0 Å². The number of aliphatic imine (C=N–C) groups is 1. The predicted octanol–water partition coefficient (Wildman–Crippen LogP) is 2.92. The van der Waals surface area contributed by atoms with Gasteiger partial charge >= 0.3 is 0 Å². The van der Waals surface area contributed by atoms with Gasteiger partial charge in [-0.15, -0.1) is 24.0 Å². The second-order valence-electron chi connectivity index (χ2n) is 2.04. The SMILES string of the molecule is C1=Nc2ccccc2NN1.CC.I. The summed E-state index contributed by atoms with van der Waals surface area (Å²) in [5.41, 5.74) is 7.75. The van der Waals surface area contributed by atoms with E-state index in [1.54, 1.807) is 6.34 Å². The number of rotatable bonds is 0. The minimum absolute atomic E-state index is 0. The fourth-order valence-corrected chi connectivity index (χ4v) is 0.904. The Morgan fingerprint density at radius 3 is 2.54 bits per heavy atom. The Labute approximate surface area is 95.6 Å². The van der Waals surface area contributed by atoms with E-state index in [-0.39, 0.29) is 24.0 Å². The van der Waals surface area contributed by atoms with Gasteiger partial charge < -0.3 is 0 Å². The summed E-state index contributed by atoms with van der Waals surface area (Å²) in [6, 6.07) is 7.86. The van der Waals surface area contributed by atoms with Crippen LogP contribution in [0.2, 0.25) is 0 Å². The first-order valence-corrected chi connectivity index (χ1v) is 4.10. The monoisotopic (exact) mass is 291 g/mol. The molecule has 2 N–H and O–H groups in total. The Kier molecular flexibility index (Phi) is 6.30. The molecular weight excluding hydrogens is 277 g/mol. The Morgan fingerprint density at radius 1 is 1.15 bits per heavy atom. The van der Waals surface area contributed by atoms with E-state index in [0.717, 1.165) is 11.4 Å². The number of hydrogen-bond acceptors (Lipinski definition) is 3. The van der Waals surface area contributed by atoms with Crippen molar-refractivity contribution in [2.45, 2.75) is 13.8 Å². The minimum atomic E-state index is 0. The van der Waals surface area contributed by atoms with Crippen molar-refractivity contribution in [3.05, 3.63) is 24.3 Å². The van der Waals surface area contributed by atoms with Crippen molar-refractivity contribution in [2.75, 3.05) is 5.43 Å². The van der Waals surface area contributed by atoms with Gasteiger partial charge in [0.25, 0.3) is 0 Å². The first-order chi connectivity index (χ1) is 5.97. The molecule has 2 rings (SSSR count). The highest BCUT2D eigenvalue weighted by Gasteiger charge is 1.99. The molecule has 13 heavy (non-hydrogen) atoms. The molecule has 3 nitrogen and oxygen atoms in total. The Morgan fingerprint density at radius 2 is 1.85 bits per heavy atom. The summed E-state index contributed by atoms with van der Waals surface area (Å²) in [5, 5.41) is 0. The van der Waals surface area contributed by atoms with Crippen molar-refractivity contribution >= 4 is 41.7 Å². The number of para-hydroxylation sites is 2. The summed E-state index contributed by atoms with van der Waals surface area (Å²) in [4.78, 5) is 4.09. The van der Waals surface area contributed by atoms with Crippen LogP contribution in [0.1, 0.15) is 13.8 Å². The van der Waals surface area contributed by atoms with Crippen molar-refractivity contribution in [3.8, 4) is 0 Å². The van der Waals surface area contributed by atoms with Gasteiger partial charge in [0.2, 0.25) is 0 Å². The molecule has 0 fully saturated rings. The Bertz CT molecular complexity index is 273. The zero-order chi connectivity index (χ0) is 8.81. The van der Waals surface area contributed by atoms with E-state index in [1.165, 1.54) is 0 Å². The summed E-state index contributed by atoms with van der Waals surface area (Å²) >= 11 is 0. The number of hydrogen-bond donors (Lipinski definition) is 2. The van der Waals surface area contributed by atoms with E-state index in [1.807, 2.05) is 38.1 Å². The zero-order valence-corrected chi connectivity index (χ0v) is 10.1. The van der Waals surface area contributed by atoms with Crippen LogP contribution >= 0.6 is 24.0 Å². The van der Waals surface area contributed by atoms with Gasteiger partial charge in [0.1, 0.15) is 6.34 Å². The fraction of sp³-hybridized carbons (Fsp3) is 0.222. The summed E-state index contributed by atoms with van der Waals surface area (Å²) < 4.78 is 0. The average molecular weight is 291 g/mol. The van der Waals surface area contributed by atoms with Gasteiger partial charge in [-0.1, -0.05) is 26.0 Å². The molecule has 0 saturated carbocycles. The van der Waals surface area contributed by atoms with Crippen LogP contribution in [0.5, 0.6) is 0 Å². The number of nitrogens with one attached hydrogen (secondary N) is 2. The lowest BCUT2D eigenvalue weighted by molar-refractivity contribution is 1.12. The molecule has 4 heteroatoms. The molecule has 1 aromatic rings. The van der Waals surface area contributed by atoms with Crippen molar-refractivity contribution in [2.24, 2.45) is 4.99 Å². The Balaban J connectivity index is 0.000000451. The van der Waals surface area contributed by atoms with E-state index in [2.05, 4.69) is 15.8 Å². The van der Waals surface area contributed by atoms with Crippen LogP contribution in [0.25, 0.3) is 0 Å². The molecule has 1 aromatic carbocycles. The average Bonchev–Trinajstić information content (AvgIpc) is 2.21. The van der Waals surface area contributed by atoms with Gasteiger partial charge in [-0.05, 0) is 12.1 Å². The summed E-state index contributed by atoms with van der Waals surface area (Å²) in [7, 11) is 0. The highest BCUT2D eigenvalue weighted by molar-refractivity contribution is 14.0. The summed E-state index contributed by atoms with van der Waals surface area (Å²) in [6.07, 6.45) is 1.63. The molecule has 0 unspecified atom stereocenters. The van der Waals surface area contributed by atoms with Crippen LogP contribution in [0.15, 0.2) is 29.3 Å². The van der Waals surface area contributed by atoms with Gasteiger partial charge in [0, 0.05) is 0 Å². The first-order valence-electron chi connectivity index (χ1n) is 4.10. The van der Waals surface area contributed by atoms with E-state index < -0.39 is 0 Å². The molecule has 0 amide bonds. The highest BCUT2D eigenvalue weighted by Crippen LogP contribution is 2.23. The fourth-order valence-electron chi connectivity index (χ4n) is 0.904. The number of nitrogens with zero attached hydrogens (tertiary/aromatic N) is 1. The number of hydrazine groups is 1. The van der Waals surface area contributed by atoms with Gasteiger partial charge in [-0.25, -0.2) is 4.99 Å². The number of benzene rings is 1. The lowest BCUT2D eigenvalue weighted by atomic mass is 10.3. The molecule has 0 radical (unpaired) electrons. The normalized spacial score (nSPS) is 10.6. The lowest BCUT2D eigenvalue weighted by Gasteiger charge is -2.11. The third-order valence-corrected chi connectivity index (χ3v) is 1.38. The van der Waals surface area contributed by atoms with Crippen LogP contribution in [0, 0.1) is 0 Å². The molecule has 0 atom stereocenters. The van der Waals surface area contributed by atoms with Crippen molar-refractivity contribution < 1.29 is 0 Å². The first kappa shape index (κ1) is 12.2. The van der Waals surface area contributed by atoms with Crippen molar-refractivity contribution in [3.63, 3.8) is 0 Å². The minimum Gasteiger partial charge on any atom is -0.298 e. The largest absolute Gasteiger partial charge is 0.298 e. The van der Waals surface area contributed by atoms with Gasteiger partial charge in [0.05, 0.1) is 11.4 Å². The maximum Gasteiger partial charge on any atom is 0.107 e. The Hall–Kier alpha value is -0.780. The zero-order valence-electron chi connectivity index (χ0n) is 7.74. The molecule has 1 aliphatic rings. The maximum absolute atomic E-state index is 4.09. The molecule has 0 saturated heterocycles.